The maximum atomic E-state index is 13.6. The molecule has 5 aromatic rings. The van der Waals surface area contributed by atoms with Crippen molar-refractivity contribution < 1.29 is 9.13 Å². The number of nitrogens with one attached hydrogen (secondary N) is 1. The zero-order chi connectivity index (χ0) is 22.8. The van der Waals surface area contributed by atoms with Crippen LogP contribution in [0.1, 0.15) is 4.88 Å². The van der Waals surface area contributed by atoms with Gasteiger partial charge < -0.3 is 15.8 Å². The fraction of sp³-hybridized carbons (Fsp3) is 0.125. The number of ether oxygens (including phenoxy) is 1. The van der Waals surface area contributed by atoms with Crippen LogP contribution < -0.4 is 15.8 Å². The van der Waals surface area contributed by atoms with Gasteiger partial charge in [0, 0.05) is 17.0 Å². The predicted molar refractivity (Wildman–Crippen MR) is 130 cm³/mol. The average molecular weight is 461 g/mol. The number of anilines is 2. The fourth-order valence-electron chi connectivity index (χ4n) is 3.58. The van der Waals surface area contributed by atoms with Crippen molar-refractivity contribution >= 4 is 34.1 Å². The maximum Gasteiger partial charge on any atom is 0.225 e. The first kappa shape index (κ1) is 20.9. The molecule has 3 N–H and O–H groups in total. The van der Waals surface area contributed by atoms with Gasteiger partial charge in [0.15, 0.2) is 5.65 Å². The van der Waals surface area contributed by atoms with E-state index in [2.05, 4.69) is 26.8 Å². The third-order valence-corrected chi connectivity index (χ3v) is 6.17. The van der Waals surface area contributed by atoms with Crippen LogP contribution in [0.5, 0.6) is 5.75 Å². The van der Waals surface area contributed by atoms with Gasteiger partial charge in [0.05, 0.1) is 23.9 Å². The van der Waals surface area contributed by atoms with Gasteiger partial charge in [0.2, 0.25) is 5.95 Å². The summed E-state index contributed by atoms with van der Waals surface area (Å²) in [7, 11) is 1.61. The molecule has 0 bridgehead atoms. The molecule has 0 unspecified atom stereocenters. The number of aromatic nitrogens is 4. The molecular weight excluding hydrogens is 439 g/mol. The van der Waals surface area contributed by atoms with E-state index in [1.54, 1.807) is 35.3 Å². The van der Waals surface area contributed by atoms with Crippen molar-refractivity contribution in [1.29, 1.82) is 0 Å². The highest BCUT2D eigenvalue weighted by molar-refractivity contribution is 7.09. The third kappa shape index (κ3) is 4.22. The van der Waals surface area contributed by atoms with Crippen LogP contribution in [0, 0.1) is 5.82 Å². The van der Waals surface area contributed by atoms with Crippen molar-refractivity contribution in [3.63, 3.8) is 0 Å². The number of methoxy groups -OCH3 is 1. The van der Waals surface area contributed by atoms with Crippen molar-refractivity contribution in [2.24, 2.45) is 0 Å². The number of rotatable bonds is 7. The molecule has 0 saturated carbocycles. The van der Waals surface area contributed by atoms with Gasteiger partial charge in [-0.05, 0) is 66.4 Å². The van der Waals surface area contributed by atoms with Crippen molar-refractivity contribution in [3.8, 4) is 22.7 Å². The molecule has 33 heavy (non-hydrogen) atoms. The molecule has 2 aromatic carbocycles. The summed E-state index contributed by atoms with van der Waals surface area (Å²) in [5.74, 6) is 1.26. The molecule has 9 heteroatoms. The maximum absolute atomic E-state index is 13.6. The number of nitrogens with two attached hydrogens (primary N) is 1. The van der Waals surface area contributed by atoms with E-state index in [0.717, 1.165) is 23.4 Å². The second-order valence-corrected chi connectivity index (χ2v) is 8.38. The van der Waals surface area contributed by atoms with Crippen LogP contribution in [0.3, 0.4) is 0 Å². The first-order valence-electron chi connectivity index (χ1n) is 10.4. The Labute approximate surface area is 193 Å². The Bertz CT molecular complexity index is 1380. The Morgan fingerprint density at radius 1 is 1.06 bits per heavy atom. The lowest BCUT2D eigenvalue weighted by Crippen LogP contribution is -2.08. The molecule has 0 amide bonds. The quantitative estimate of drug-likeness (QED) is 0.358. The molecule has 3 heterocycles. The number of fused-ring (bicyclic) bond motifs is 1. The lowest BCUT2D eigenvalue weighted by Gasteiger charge is -2.08. The van der Waals surface area contributed by atoms with E-state index >= 15 is 0 Å². The SMILES string of the molecule is COc1ccc(-n2nc3nc(NCCc4cccs4)nc(-c4ccc(F)cc4)c3c2N)cc1. The number of nitrogen functional groups attached to an aromatic ring is 1. The number of halogens is 1. The number of nitrogens with zero attached hydrogens (tertiary/aromatic N) is 4. The number of benzene rings is 2. The zero-order valence-corrected chi connectivity index (χ0v) is 18.6. The Kier molecular flexibility index (Phi) is 5.62. The lowest BCUT2D eigenvalue weighted by molar-refractivity contribution is 0.414. The van der Waals surface area contributed by atoms with Gasteiger partial charge in [-0.25, -0.2) is 14.1 Å². The normalized spacial score (nSPS) is 11.1. The van der Waals surface area contributed by atoms with Gasteiger partial charge in [-0.15, -0.1) is 16.4 Å². The Balaban J connectivity index is 1.58. The zero-order valence-electron chi connectivity index (χ0n) is 17.8. The minimum atomic E-state index is -0.319. The van der Waals surface area contributed by atoms with Crippen molar-refractivity contribution in [1.82, 2.24) is 19.7 Å². The third-order valence-electron chi connectivity index (χ3n) is 5.24. The van der Waals surface area contributed by atoms with E-state index in [1.807, 2.05) is 30.3 Å². The Morgan fingerprint density at radius 2 is 1.85 bits per heavy atom. The van der Waals surface area contributed by atoms with Crippen LogP contribution in [0.4, 0.5) is 16.2 Å². The Morgan fingerprint density at radius 3 is 2.55 bits per heavy atom. The molecule has 0 atom stereocenters. The Hall–Kier alpha value is -3.98. The second-order valence-electron chi connectivity index (χ2n) is 7.35. The summed E-state index contributed by atoms with van der Waals surface area (Å²) in [4.78, 5) is 10.6. The van der Waals surface area contributed by atoms with Crippen LogP contribution in [0.25, 0.3) is 28.0 Å². The van der Waals surface area contributed by atoms with E-state index in [1.165, 1.54) is 17.0 Å². The highest BCUT2D eigenvalue weighted by Crippen LogP contribution is 2.33. The number of hydrogen-bond acceptors (Lipinski definition) is 7. The minimum absolute atomic E-state index is 0.319. The fourth-order valence-corrected chi connectivity index (χ4v) is 4.29. The van der Waals surface area contributed by atoms with Crippen molar-refractivity contribution in [3.05, 3.63) is 76.7 Å². The summed E-state index contributed by atoms with van der Waals surface area (Å²) in [6, 6.07) is 17.7. The first-order valence-corrected chi connectivity index (χ1v) is 11.2. The number of thiophene rings is 1. The summed E-state index contributed by atoms with van der Waals surface area (Å²) in [6.45, 7) is 0.670. The molecular formula is C24H21FN6OS. The van der Waals surface area contributed by atoms with Crippen molar-refractivity contribution in [2.45, 2.75) is 6.42 Å². The summed E-state index contributed by atoms with van der Waals surface area (Å²) in [6.07, 6.45) is 0.855. The number of hydrogen-bond donors (Lipinski definition) is 2. The van der Waals surface area contributed by atoms with Gasteiger partial charge in [-0.1, -0.05) is 6.07 Å². The molecule has 3 aromatic heterocycles. The van der Waals surface area contributed by atoms with E-state index in [9.17, 15) is 4.39 Å². The molecule has 0 aliphatic heterocycles. The first-order chi connectivity index (χ1) is 16.1. The van der Waals surface area contributed by atoms with Crippen LogP contribution in [0.2, 0.25) is 0 Å². The van der Waals surface area contributed by atoms with Gasteiger partial charge in [-0.3, -0.25) is 0 Å². The highest BCUT2D eigenvalue weighted by atomic mass is 32.1. The van der Waals surface area contributed by atoms with Gasteiger partial charge in [-0.2, -0.15) is 4.98 Å². The topological polar surface area (TPSA) is 90.9 Å². The predicted octanol–water partition coefficient (Wildman–Crippen LogP) is 4.93. The van der Waals surface area contributed by atoms with E-state index in [4.69, 9.17) is 15.5 Å². The van der Waals surface area contributed by atoms with Gasteiger partial charge >= 0.3 is 0 Å². The lowest BCUT2D eigenvalue weighted by atomic mass is 10.1. The molecule has 7 nitrogen and oxygen atoms in total. The molecule has 0 aliphatic carbocycles. The molecule has 0 fully saturated rings. The second kappa shape index (κ2) is 8.87. The molecule has 166 valence electrons. The van der Waals surface area contributed by atoms with Crippen LogP contribution >= 0.6 is 11.3 Å². The van der Waals surface area contributed by atoms with Gasteiger partial charge in [0.25, 0.3) is 0 Å². The molecule has 0 radical (unpaired) electrons. The van der Waals surface area contributed by atoms with Crippen LogP contribution in [0.15, 0.2) is 66.0 Å². The van der Waals surface area contributed by atoms with E-state index in [-0.39, 0.29) is 5.82 Å². The molecule has 0 aliphatic rings. The molecule has 5 rings (SSSR count). The summed E-state index contributed by atoms with van der Waals surface area (Å²) < 4.78 is 20.4. The van der Waals surface area contributed by atoms with Crippen LogP contribution in [-0.4, -0.2) is 33.4 Å². The standard InChI is InChI=1S/C24H21FN6OS/c1-32-18-10-8-17(9-11-18)31-22(26)20-21(15-4-6-16(25)7-5-15)28-24(29-23(20)30-31)27-13-12-19-3-2-14-33-19/h2-11,14H,12-13,26H2,1H3,(H,27,29,30). The summed E-state index contributed by atoms with van der Waals surface area (Å²) in [5.41, 5.74) is 9.06. The van der Waals surface area contributed by atoms with E-state index < -0.39 is 0 Å². The highest BCUT2D eigenvalue weighted by Gasteiger charge is 2.19. The minimum Gasteiger partial charge on any atom is -0.497 e. The average Bonchev–Trinajstić information content (AvgIpc) is 3.47. The van der Waals surface area contributed by atoms with Gasteiger partial charge in [0.1, 0.15) is 17.4 Å². The largest absolute Gasteiger partial charge is 0.497 e. The molecule has 0 spiro atoms. The van der Waals surface area contributed by atoms with Crippen molar-refractivity contribution in [2.75, 3.05) is 24.7 Å². The molecule has 0 saturated heterocycles. The monoisotopic (exact) mass is 460 g/mol. The smallest absolute Gasteiger partial charge is 0.225 e. The summed E-state index contributed by atoms with van der Waals surface area (Å²) in [5, 5.41) is 10.6. The summed E-state index contributed by atoms with van der Waals surface area (Å²) >= 11 is 1.71. The van der Waals surface area contributed by atoms with E-state index in [0.29, 0.717) is 35.0 Å². The van der Waals surface area contributed by atoms with Crippen LogP contribution in [-0.2, 0) is 6.42 Å².